The summed E-state index contributed by atoms with van der Waals surface area (Å²) in [6.45, 7) is 2.15. The first-order chi connectivity index (χ1) is 9.08. The maximum Gasteiger partial charge on any atom is 0.237 e. The molecule has 2 amide bonds. The van der Waals surface area contributed by atoms with Crippen LogP contribution in [0.3, 0.4) is 0 Å². The van der Waals surface area contributed by atoms with Crippen LogP contribution in [0, 0.1) is 17.8 Å². The third-order valence-electron chi connectivity index (χ3n) is 4.27. The Kier molecular flexibility index (Phi) is 3.09. The molecule has 0 aromatic heterocycles. The highest BCUT2D eigenvalue weighted by molar-refractivity contribution is 6.30. The van der Waals surface area contributed by atoms with Crippen LogP contribution in [0.1, 0.15) is 26.2 Å². The van der Waals surface area contributed by atoms with Crippen LogP contribution in [0.25, 0.3) is 0 Å². The lowest BCUT2D eigenvalue weighted by molar-refractivity contribution is -0.122. The fraction of sp³-hybridized carbons (Fsp3) is 0.467. The van der Waals surface area contributed by atoms with Gasteiger partial charge >= 0.3 is 0 Å². The molecule has 3 rings (SSSR count). The molecule has 1 aromatic carbocycles. The van der Waals surface area contributed by atoms with E-state index < -0.39 is 0 Å². The molecule has 1 saturated heterocycles. The Hall–Kier alpha value is -1.35. The number of fused-ring (bicyclic) bond motifs is 1. The summed E-state index contributed by atoms with van der Waals surface area (Å²) in [5, 5.41) is 0.605. The molecule has 0 bridgehead atoms. The summed E-state index contributed by atoms with van der Waals surface area (Å²) in [6, 6.07) is 6.89. The van der Waals surface area contributed by atoms with Crippen LogP contribution in [-0.4, -0.2) is 11.8 Å². The van der Waals surface area contributed by atoms with E-state index in [-0.39, 0.29) is 23.7 Å². The van der Waals surface area contributed by atoms with Crippen LogP contribution < -0.4 is 4.90 Å². The lowest BCUT2D eigenvalue weighted by Gasteiger charge is -2.25. The van der Waals surface area contributed by atoms with Crippen molar-refractivity contribution in [1.29, 1.82) is 0 Å². The third kappa shape index (κ3) is 2.06. The topological polar surface area (TPSA) is 37.4 Å². The molecule has 1 saturated carbocycles. The molecule has 1 heterocycles. The lowest BCUT2D eigenvalue weighted by Crippen LogP contribution is -2.30. The Morgan fingerprint density at radius 1 is 1.05 bits per heavy atom. The average Bonchev–Trinajstić information content (AvgIpc) is 2.63. The van der Waals surface area contributed by atoms with Crippen LogP contribution in [0.5, 0.6) is 0 Å². The van der Waals surface area contributed by atoms with Gasteiger partial charge in [0.1, 0.15) is 0 Å². The number of imide groups is 1. The van der Waals surface area contributed by atoms with Crippen molar-refractivity contribution in [2.75, 3.05) is 4.90 Å². The fourth-order valence-corrected chi connectivity index (χ4v) is 3.36. The van der Waals surface area contributed by atoms with E-state index in [1.807, 2.05) is 0 Å². The molecule has 1 aliphatic heterocycles. The first-order valence-electron chi connectivity index (χ1n) is 6.71. The largest absolute Gasteiger partial charge is 0.274 e. The average molecular weight is 278 g/mol. The predicted octanol–water partition coefficient (Wildman–Crippen LogP) is 3.27. The highest BCUT2D eigenvalue weighted by atomic mass is 35.5. The second-order valence-corrected chi connectivity index (χ2v) is 6.06. The summed E-state index contributed by atoms with van der Waals surface area (Å²) in [5.41, 5.74) is 0.640. The summed E-state index contributed by atoms with van der Waals surface area (Å²) in [5.74, 6) is 0.225. The van der Waals surface area contributed by atoms with Gasteiger partial charge in [0.15, 0.2) is 0 Å². The van der Waals surface area contributed by atoms with E-state index in [9.17, 15) is 9.59 Å². The number of halogens is 1. The van der Waals surface area contributed by atoms with Crippen LogP contribution in [0.4, 0.5) is 5.69 Å². The molecule has 0 radical (unpaired) electrons. The van der Waals surface area contributed by atoms with Gasteiger partial charge in [-0.05, 0) is 49.4 Å². The molecule has 3 atom stereocenters. The summed E-state index contributed by atoms with van der Waals surface area (Å²) < 4.78 is 0. The predicted molar refractivity (Wildman–Crippen MR) is 73.9 cm³/mol. The van der Waals surface area contributed by atoms with Gasteiger partial charge in [-0.1, -0.05) is 18.5 Å². The number of carbonyl (C=O) groups excluding carboxylic acids is 2. The van der Waals surface area contributed by atoms with Crippen molar-refractivity contribution < 1.29 is 9.59 Å². The highest BCUT2D eigenvalue weighted by Gasteiger charge is 2.49. The molecule has 2 aliphatic rings. The van der Waals surface area contributed by atoms with Gasteiger partial charge < -0.3 is 0 Å². The van der Waals surface area contributed by atoms with Gasteiger partial charge in [-0.25, -0.2) is 0 Å². The number of amides is 2. The highest BCUT2D eigenvalue weighted by Crippen LogP contribution is 2.42. The first kappa shape index (κ1) is 12.7. The van der Waals surface area contributed by atoms with Gasteiger partial charge in [0.05, 0.1) is 17.5 Å². The molecule has 1 aromatic rings. The standard InChI is InChI=1S/C15H16ClNO2/c1-9-2-7-12-13(8-9)15(19)17(14(12)18)11-5-3-10(16)4-6-11/h3-6,9,12-13H,2,7-8H2,1H3/t9-,12+,13+/m0/s1. The number of nitrogens with zero attached hydrogens (tertiary/aromatic N) is 1. The number of hydrogen-bond acceptors (Lipinski definition) is 2. The van der Waals surface area contributed by atoms with E-state index in [4.69, 9.17) is 11.6 Å². The molecule has 1 aliphatic carbocycles. The molecule has 0 N–H and O–H groups in total. The van der Waals surface area contributed by atoms with Crippen molar-refractivity contribution in [2.24, 2.45) is 17.8 Å². The van der Waals surface area contributed by atoms with Gasteiger partial charge in [0, 0.05) is 5.02 Å². The number of rotatable bonds is 1. The molecule has 19 heavy (non-hydrogen) atoms. The molecular weight excluding hydrogens is 262 g/mol. The lowest BCUT2D eigenvalue weighted by atomic mass is 9.76. The van der Waals surface area contributed by atoms with Crippen LogP contribution in [0.15, 0.2) is 24.3 Å². The van der Waals surface area contributed by atoms with E-state index in [0.717, 1.165) is 19.3 Å². The molecule has 2 fully saturated rings. The van der Waals surface area contributed by atoms with Crippen molar-refractivity contribution in [3.8, 4) is 0 Å². The second-order valence-electron chi connectivity index (χ2n) is 5.62. The van der Waals surface area contributed by atoms with Gasteiger partial charge in [0.25, 0.3) is 0 Å². The maximum atomic E-state index is 12.5. The monoisotopic (exact) mass is 277 g/mol. The minimum atomic E-state index is -0.119. The summed E-state index contributed by atoms with van der Waals surface area (Å²) in [4.78, 5) is 26.2. The van der Waals surface area contributed by atoms with E-state index in [2.05, 4.69) is 6.92 Å². The zero-order valence-electron chi connectivity index (χ0n) is 10.8. The molecular formula is C15H16ClNO2. The molecule has 4 heteroatoms. The van der Waals surface area contributed by atoms with Gasteiger partial charge in [-0.15, -0.1) is 0 Å². The third-order valence-corrected chi connectivity index (χ3v) is 4.52. The Balaban J connectivity index is 1.93. The maximum absolute atomic E-state index is 12.5. The van der Waals surface area contributed by atoms with Gasteiger partial charge in [-0.2, -0.15) is 0 Å². The van der Waals surface area contributed by atoms with E-state index in [0.29, 0.717) is 16.6 Å². The number of hydrogen-bond donors (Lipinski definition) is 0. The Morgan fingerprint density at radius 3 is 2.37 bits per heavy atom. The van der Waals surface area contributed by atoms with Gasteiger partial charge in [0.2, 0.25) is 11.8 Å². The Labute approximate surface area is 117 Å². The minimum Gasteiger partial charge on any atom is -0.274 e. The zero-order chi connectivity index (χ0) is 13.6. The van der Waals surface area contributed by atoms with Crippen molar-refractivity contribution in [2.45, 2.75) is 26.2 Å². The summed E-state index contributed by atoms with van der Waals surface area (Å²) in [7, 11) is 0. The first-order valence-corrected chi connectivity index (χ1v) is 7.09. The van der Waals surface area contributed by atoms with Crippen molar-refractivity contribution in [1.82, 2.24) is 0 Å². The molecule has 100 valence electrons. The molecule has 0 unspecified atom stereocenters. The van der Waals surface area contributed by atoms with Crippen molar-refractivity contribution in [3.05, 3.63) is 29.3 Å². The number of anilines is 1. The van der Waals surface area contributed by atoms with Crippen LogP contribution in [0.2, 0.25) is 5.02 Å². The van der Waals surface area contributed by atoms with E-state index in [1.165, 1.54) is 4.90 Å². The van der Waals surface area contributed by atoms with Crippen molar-refractivity contribution in [3.63, 3.8) is 0 Å². The van der Waals surface area contributed by atoms with Gasteiger partial charge in [-0.3, -0.25) is 14.5 Å². The van der Waals surface area contributed by atoms with E-state index >= 15 is 0 Å². The smallest absolute Gasteiger partial charge is 0.237 e. The Morgan fingerprint density at radius 2 is 1.68 bits per heavy atom. The fourth-order valence-electron chi connectivity index (χ4n) is 3.23. The molecule has 3 nitrogen and oxygen atoms in total. The van der Waals surface area contributed by atoms with Crippen molar-refractivity contribution >= 4 is 29.1 Å². The van der Waals surface area contributed by atoms with Crippen LogP contribution in [-0.2, 0) is 9.59 Å². The number of carbonyl (C=O) groups is 2. The second kappa shape index (κ2) is 4.64. The quantitative estimate of drug-likeness (QED) is 0.739. The normalized spacial score (nSPS) is 30.6. The van der Waals surface area contributed by atoms with Crippen LogP contribution >= 0.6 is 11.6 Å². The molecule has 0 spiro atoms. The minimum absolute atomic E-state index is 0.0378. The number of benzene rings is 1. The van der Waals surface area contributed by atoms with E-state index in [1.54, 1.807) is 24.3 Å². The Bertz CT molecular complexity index is 525. The zero-order valence-corrected chi connectivity index (χ0v) is 11.6. The summed E-state index contributed by atoms with van der Waals surface area (Å²) >= 11 is 5.84. The summed E-state index contributed by atoms with van der Waals surface area (Å²) in [6.07, 6.45) is 2.70. The SMILES string of the molecule is C[C@H]1CC[C@H]2C(=O)N(c3ccc(Cl)cc3)C(=O)[C@@H]2C1.